The highest BCUT2D eigenvalue weighted by atomic mass is 32.2. The lowest BCUT2D eigenvalue weighted by Crippen LogP contribution is -2.35. The van der Waals surface area contributed by atoms with E-state index in [1.54, 1.807) is 44.4 Å². The van der Waals surface area contributed by atoms with Gasteiger partial charge in [-0.05, 0) is 61.9 Å². The van der Waals surface area contributed by atoms with Crippen LogP contribution in [0.15, 0.2) is 47.4 Å². The largest absolute Gasteiger partial charge is 0.497 e. The zero-order valence-corrected chi connectivity index (χ0v) is 16.7. The highest BCUT2D eigenvalue weighted by Crippen LogP contribution is 2.23. The Morgan fingerprint density at radius 1 is 1.15 bits per heavy atom. The second-order valence-electron chi connectivity index (χ2n) is 5.90. The first-order valence-corrected chi connectivity index (χ1v) is 9.85. The molecule has 2 rings (SSSR count). The lowest BCUT2D eigenvalue weighted by Gasteiger charge is -2.18. The van der Waals surface area contributed by atoms with E-state index in [2.05, 4.69) is 5.32 Å². The molecule has 0 spiro atoms. The molecule has 0 saturated heterocycles. The first-order chi connectivity index (χ1) is 12.8. The minimum atomic E-state index is -3.79. The molecule has 0 saturated carbocycles. The summed E-state index contributed by atoms with van der Waals surface area (Å²) in [6, 6.07) is 11.4. The van der Waals surface area contributed by atoms with Crippen LogP contribution in [-0.4, -0.2) is 45.9 Å². The average Bonchev–Trinajstić information content (AvgIpc) is 2.64. The summed E-state index contributed by atoms with van der Waals surface area (Å²) in [5, 5.41) is 2.66. The molecule has 27 heavy (non-hydrogen) atoms. The van der Waals surface area contributed by atoms with Gasteiger partial charge in [-0.25, -0.2) is 8.42 Å². The Labute approximate surface area is 160 Å². The monoisotopic (exact) mass is 392 g/mol. The summed E-state index contributed by atoms with van der Waals surface area (Å²) >= 11 is 0. The van der Waals surface area contributed by atoms with E-state index in [1.165, 1.54) is 19.2 Å². The summed E-state index contributed by atoms with van der Waals surface area (Å²) in [5.41, 5.74) is 1.28. The van der Waals surface area contributed by atoms with E-state index in [-0.39, 0.29) is 11.4 Å². The summed E-state index contributed by atoms with van der Waals surface area (Å²) < 4.78 is 36.9. The van der Waals surface area contributed by atoms with Gasteiger partial charge in [-0.1, -0.05) is 0 Å². The number of rotatable bonds is 8. The first-order valence-electron chi connectivity index (χ1n) is 8.41. The SMILES string of the molecule is CCOc1ccc(S(=O)(=O)N(C)CC(=O)Nc2ccc(OC)cc2)cc1C. The van der Waals surface area contributed by atoms with Crippen LogP contribution in [0.2, 0.25) is 0 Å². The standard InChI is InChI=1S/C19H24N2O5S/c1-5-26-18-11-10-17(12-14(18)2)27(23,24)21(3)13-19(22)20-15-6-8-16(25-4)9-7-15/h6-12H,5,13H2,1-4H3,(H,20,22). The first kappa shape index (κ1) is 20.7. The van der Waals surface area contributed by atoms with Crippen molar-refractivity contribution in [3.05, 3.63) is 48.0 Å². The Morgan fingerprint density at radius 2 is 1.81 bits per heavy atom. The molecule has 0 aliphatic rings. The Hall–Kier alpha value is -2.58. The van der Waals surface area contributed by atoms with Crippen LogP contribution in [0.1, 0.15) is 12.5 Å². The number of methoxy groups -OCH3 is 1. The van der Waals surface area contributed by atoms with E-state index in [0.717, 1.165) is 4.31 Å². The van der Waals surface area contributed by atoms with Gasteiger partial charge < -0.3 is 14.8 Å². The van der Waals surface area contributed by atoms with Crippen molar-refractivity contribution in [2.45, 2.75) is 18.7 Å². The van der Waals surface area contributed by atoms with E-state index in [1.807, 2.05) is 6.92 Å². The molecule has 1 N–H and O–H groups in total. The minimum Gasteiger partial charge on any atom is -0.497 e. The van der Waals surface area contributed by atoms with E-state index in [9.17, 15) is 13.2 Å². The molecular weight excluding hydrogens is 368 g/mol. The number of carbonyl (C=O) groups is 1. The number of hydrogen-bond donors (Lipinski definition) is 1. The van der Waals surface area contributed by atoms with Gasteiger partial charge in [0.05, 0.1) is 25.2 Å². The fraction of sp³-hybridized carbons (Fsp3) is 0.316. The highest BCUT2D eigenvalue weighted by molar-refractivity contribution is 7.89. The number of sulfonamides is 1. The number of anilines is 1. The van der Waals surface area contributed by atoms with Gasteiger partial charge in [-0.2, -0.15) is 4.31 Å². The van der Waals surface area contributed by atoms with Crippen molar-refractivity contribution in [1.29, 1.82) is 0 Å². The van der Waals surface area contributed by atoms with Gasteiger partial charge in [0.2, 0.25) is 15.9 Å². The lowest BCUT2D eigenvalue weighted by atomic mass is 10.2. The fourth-order valence-corrected chi connectivity index (χ4v) is 3.65. The average molecular weight is 392 g/mol. The number of amides is 1. The van der Waals surface area contributed by atoms with Gasteiger partial charge in [0.1, 0.15) is 11.5 Å². The number of aryl methyl sites for hydroxylation is 1. The second-order valence-corrected chi connectivity index (χ2v) is 7.94. The normalized spacial score (nSPS) is 11.3. The number of nitrogens with one attached hydrogen (secondary N) is 1. The molecule has 2 aromatic rings. The third kappa shape index (κ3) is 5.21. The molecule has 0 atom stereocenters. The summed E-state index contributed by atoms with van der Waals surface area (Å²) in [5.74, 6) is 0.865. The molecule has 0 bridgehead atoms. The molecule has 0 aliphatic heterocycles. The van der Waals surface area contributed by atoms with Crippen LogP contribution >= 0.6 is 0 Å². The topological polar surface area (TPSA) is 84.9 Å². The van der Waals surface area contributed by atoms with Gasteiger partial charge in [-0.3, -0.25) is 4.79 Å². The number of nitrogens with zero attached hydrogens (tertiary/aromatic N) is 1. The van der Waals surface area contributed by atoms with E-state index in [0.29, 0.717) is 29.4 Å². The quantitative estimate of drug-likeness (QED) is 0.747. The molecule has 0 aliphatic carbocycles. The van der Waals surface area contributed by atoms with E-state index in [4.69, 9.17) is 9.47 Å². The zero-order chi connectivity index (χ0) is 20.0. The van der Waals surface area contributed by atoms with Gasteiger partial charge >= 0.3 is 0 Å². The summed E-state index contributed by atoms with van der Waals surface area (Å²) in [7, 11) is -0.873. The predicted octanol–water partition coefficient (Wildman–Crippen LogP) is 2.66. The summed E-state index contributed by atoms with van der Waals surface area (Å²) in [6.07, 6.45) is 0. The molecule has 2 aromatic carbocycles. The van der Waals surface area contributed by atoms with Crippen molar-refractivity contribution >= 4 is 21.6 Å². The molecule has 146 valence electrons. The molecule has 0 fully saturated rings. The molecule has 1 amide bonds. The van der Waals surface area contributed by atoms with Gasteiger partial charge in [0, 0.05) is 12.7 Å². The zero-order valence-electron chi connectivity index (χ0n) is 15.9. The maximum atomic E-state index is 12.7. The van der Waals surface area contributed by atoms with E-state index < -0.39 is 15.9 Å². The van der Waals surface area contributed by atoms with Gasteiger partial charge in [0.15, 0.2) is 0 Å². The van der Waals surface area contributed by atoms with Crippen LogP contribution in [0.4, 0.5) is 5.69 Å². The number of carbonyl (C=O) groups excluding carboxylic acids is 1. The van der Waals surface area contributed by atoms with E-state index >= 15 is 0 Å². The molecule has 0 unspecified atom stereocenters. The maximum Gasteiger partial charge on any atom is 0.243 e. The number of likely N-dealkylation sites (N-methyl/N-ethyl adjacent to an activating group) is 1. The van der Waals surface area contributed by atoms with Crippen molar-refractivity contribution < 1.29 is 22.7 Å². The van der Waals surface area contributed by atoms with Crippen LogP contribution in [0.25, 0.3) is 0 Å². The Bertz CT molecular complexity index is 895. The number of benzene rings is 2. The number of ether oxygens (including phenoxy) is 2. The fourth-order valence-electron chi connectivity index (χ4n) is 2.44. The van der Waals surface area contributed by atoms with Crippen LogP contribution in [0, 0.1) is 6.92 Å². The van der Waals surface area contributed by atoms with Gasteiger partial charge in [0.25, 0.3) is 0 Å². The summed E-state index contributed by atoms with van der Waals surface area (Å²) in [4.78, 5) is 12.3. The van der Waals surface area contributed by atoms with Crippen LogP contribution in [-0.2, 0) is 14.8 Å². The highest BCUT2D eigenvalue weighted by Gasteiger charge is 2.23. The number of hydrogen-bond acceptors (Lipinski definition) is 5. The molecular formula is C19H24N2O5S. The molecule has 0 heterocycles. The predicted molar refractivity (Wildman–Crippen MR) is 104 cm³/mol. The molecule has 8 heteroatoms. The maximum absolute atomic E-state index is 12.7. The minimum absolute atomic E-state index is 0.114. The van der Waals surface area contributed by atoms with Crippen molar-refractivity contribution in [3.63, 3.8) is 0 Å². The third-order valence-electron chi connectivity index (χ3n) is 3.89. The van der Waals surface area contributed by atoms with Crippen LogP contribution < -0.4 is 14.8 Å². The Morgan fingerprint density at radius 3 is 2.37 bits per heavy atom. The third-order valence-corrected chi connectivity index (χ3v) is 5.69. The van der Waals surface area contributed by atoms with Crippen molar-refractivity contribution in [2.75, 3.05) is 32.6 Å². The lowest BCUT2D eigenvalue weighted by molar-refractivity contribution is -0.116. The van der Waals surface area contributed by atoms with Crippen molar-refractivity contribution in [1.82, 2.24) is 4.31 Å². The molecule has 7 nitrogen and oxygen atoms in total. The Kier molecular flexibility index (Phi) is 6.81. The smallest absolute Gasteiger partial charge is 0.243 e. The molecule has 0 aromatic heterocycles. The Balaban J connectivity index is 2.07. The van der Waals surface area contributed by atoms with Crippen molar-refractivity contribution in [3.8, 4) is 11.5 Å². The van der Waals surface area contributed by atoms with Crippen LogP contribution in [0.3, 0.4) is 0 Å². The second kappa shape index (κ2) is 8.88. The van der Waals surface area contributed by atoms with Gasteiger partial charge in [-0.15, -0.1) is 0 Å². The summed E-state index contributed by atoms with van der Waals surface area (Å²) in [6.45, 7) is 3.83. The van der Waals surface area contributed by atoms with Crippen LogP contribution in [0.5, 0.6) is 11.5 Å². The van der Waals surface area contributed by atoms with Crippen molar-refractivity contribution in [2.24, 2.45) is 0 Å². The molecule has 0 radical (unpaired) electrons.